The molecule has 1 fully saturated rings. The first-order chi connectivity index (χ1) is 12.3. The van der Waals surface area contributed by atoms with Crippen LogP contribution in [0.15, 0.2) is 18.2 Å². The molecule has 1 aromatic rings. The summed E-state index contributed by atoms with van der Waals surface area (Å²) < 4.78 is 52.1. The van der Waals surface area contributed by atoms with Gasteiger partial charge in [0.2, 0.25) is 0 Å². The molecule has 0 saturated carbocycles. The predicted octanol–water partition coefficient (Wildman–Crippen LogP) is 2.44. The van der Waals surface area contributed by atoms with Gasteiger partial charge in [0.15, 0.2) is 18.1 Å². The van der Waals surface area contributed by atoms with E-state index >= 15 is 0 Å². The molecule has 0 radical (unpaired) electrons. The van der Waals surface area contributed by atoms with Crippen LogP contribution in [0.3, 0.4) is 0 Å². The molecule has 10 heteroatoms. The molecular weight excluding hydrogens is 389 g/mol. The summed E-state index contributed by atoms with van der Waals surface area (Å²) in [4.78, 5) is 12.5. The standard InChI is InChI=1S/C17H23F3N2O4.ClH/c1-24-14-9-12(3-4-13(14)26-11-17(18,19)20)10-22-15(23)16(25-2)5-7-21-8-6-16;/h3-4,9,21H,5-8,10-11H2,1-2H3,(H,22,23);1H. The Morgan fingerprint density at radius 3 is 2.44 bits per heavy atom. The number of piperidine rings is 1. The second kappa shape index (κ2) is 10.0. The lowest BCUT2D eigenvalue weighted by Gasteiger charge is -2.34. The third-order valence-electron chi connectivity index (χ3n) is 4.29. The minimum atomic E-state index is -4.43. The highest BCUT2D eigenvalue weighted by Gasteiger charge is 2.39. The van der Waals surface area contributed by atoms with Crippen LogP contribution >= 0.6 is 12.4 Å². The number of rotatable bonds is 7. The van der Waals surface area contributed by atoms with Gasteiger partial charge < -0.3 is 24.8 Å². The zero-order chi connectivity index (χ0) is 19.2. The monoisotopic (exact) mass is 412 g/mol. The molecule has 0 aliphatic carbocycles. The van der Waals surface area contributed by atoms with E-state index in [4.69, 9.17) is 14.2 Å². The van der Waals surface area contributed by atoms with Crippen molar-refractivity contribution in [3.63, 3.8) is 0 Å². The summed E-state index contributed by atoms with van der Waals surface area (Å²) in [7, 11) is 2.85. The summed E-state index contributed by atoms with van der Waals surface area (Å²) in [5.74, 6) is -0.0474. The van der Waals surface area contributed by atoms with Crippen molar-refractivity contribution < 1.29 is 32.2 Å². The Hall–Kier alpha value is -1.71. The molecule has 1 saturated heterocycles. The fourth-order valence-electron chi connectivity index (χ4n) is 2.80. The number of benzene rings is 1. The minimum Gasteiger partial charge on any atom is -0.493 e. The van der Waals surface area contributed by atoms with E-state index in [1.165, 1.54) is 26.4 Å². The third-order valence-corrected chi connectivity index (χ3v) is 4.29. The SMILES string of the molecule is COc1cc(CNC(=O)C2(OC)CCNCC2)ccc1OCC(F)(F)F.Cl. The van der Waals surface area contributed by atoms with Crippen LogP contribution in [-0.2, 0) is 16.1 Å². The average molecular weight is 413 g/mol. The molecule has 0 unspecified atom stereocenters. The summed E-state index contributed by atoms with van der Waals surface area (Å²) >= 11 is 0. The number of methoxy groups -OCH3 is 2. The van der Waals surface area contributed by atoms with Crippen molar-refractivity contribution in [2.75, 3.05) is 33.9 Å². The molecule has 2 rings (SSSR count). The number of carbonyl (C=O) groups excluding carboxylic acids is 1. The first kappa shape index (κ1) is 23.3. The first-order valence-corrected chi connectivity index (χ1v) is 8.20. The van der Waals surface area contributed by atoms with Crippen molar-refractivity contribution >= 4 is 18.3 Å². The van der Waals surface area contributed by atoms with Gasteiger partial charge in [0.25, 0.3) is 5.91 Å². The van der Waals surface area contributed by atoms with Crippen LogP contribution in [0, 0.1) is 0 Å². The van der Waals surface area contributed by atoms with E-state index < -0.39 is 18.4 Å². The van der Waals surface area contributed by atoms with Crippen LogP contribution in [0.4, 0.5) is 13.2 Å². The van der Waals surface area contributed by atoms with Gasteiger partial charge in [-0.1, -0.05) is 6.07 Å². The number of alkyl halides is 3. The van der Waals surface area contributed by atoms with E-state index in [2.05, 4.69) is 10.6 Å². The molecule has 0 atom stereocenters. The molecule has 27 heavy (non-hydrogen) atoms. The topological polar surface area (TPSA) is 68.8 Å². The van der Waals surface area contributed by atoms with Crippen molar-refractivity contribution in [3.8, 4) is 11.5 Å². The van der Waals surface area contributed by atoms with E-state index in [0.717, 1.165) is 0 Å². The number of hydrogen-bond donors (Lipinski definition) is 2. The number of amides is 1. The summed E-state index contributed by atoms with van der Waals surface area (Å²) in [6.07, 6.45) is -3.28. The third kappa shape index (κ3) is 6.44. The molecule has 1 aliphatic rings. The van der Waals surface area contributed by atoms with E-state index in [1.54, 1.807) is 6.07 Å². The Bertz CT molecular complexity index is 623. The fourth-order valence-corrected chi connectivity index (χ4v) is 2.80. The summed E-state index contributed by atoms with van der Waals surface area (Å²) in [6, 6.07) is 4.51. The van der Waals surface area contributed by atoms with Crippen LogP contribution in [0.25, 0.3) is 0 Å². The first-order valence-electron chi connectivity index (χ1n) is 8.20. The van der Waals surface area contributed by atoms with Gasteiger partial charge in [0.05, 0.1) is 7.11 Å². The van der Waals surface area contributed by atoms with Crippen LogP contribution in [0.5, 0.6) is 11.5 Å². The maximum Gasteiger partial charge on any atom is 0.422 e. The van der Waals surface area contributed by atoms with Crippen LogP contribution in [0.1, 0.15) is 18.4 Å². The van der Waals surface area contributed by atoms with Crippen molar-refractivity contribution in [2.24, 2.45) is 0 Å². The lowest BCUT2D eigenvalue weighted by molar-refractivity contribution is -0.153. The molecule has 1 aliphatic heterocycles. The molecule has 0 bridgehead atoms. The van der Waals surface area contributed by atoms with Gasteiger partial charge >= 0.3 is 6.18 Å². The summed E-state index contributed by atoms with van der Waals surface area (Å²) in [6.45, 7) is 0.192. The second-order valence-electron chi connectivity index (χ2n) is 6.02. The zero-order valence-electron chi connectivity index (χ0n) is 15.1. The Balaban J connectivity index is 0.00000364. The lowest BCUT2D eigenvalue weighted by Crippen LogP contribution is -2.53. The molecule has 1 heterocycles. The van der Waals surface area contributed by atoms with E-state index in [-0.39, 0.29) is 36.4 Å². The number of hydrogen-bond acceptors (Lipinski definition) is 5. The van der Waals surface area contributed by atoms with E-state index in [9.17, 15) is 18.0 Å². The highest BCUT2D eigenvalue weighted by molar-refractivity contribution is 5.85. The number of nitrogens with one attached hydrogen (secondary N) is 2. The Labute approximate surface area is 162 Å². The molecule has 154 valence electrons. The molecule has 0 spiro atoms. The molecule has 0 aromatic heterocycles. The second-order valence-corrected chi connectivity index (χ2v) is 6.02. The van der Waals surface area contributed by atoms with Crippen LogP contribution in [-0.4, -0.2) is 51.6 Å². The van der Waals surface area contributed by atoms with E-state index in [1.807, 2.05) is 0 Å². The van der Waals surface area contributed by atoms with Crippen LogP contribution < -0.4 is 20.1 Å². The van der Waals surface area contributed by atoms with Crippen LogP contribution in [0.2, 0.25) is 0 Å². The normalized spacial score (nSPS) is 16.2. The van der Waals surface area contributed by atoms with Gasteiger partial charge in [-0.25, -0.2) is 0 Å². The van der Waals surface area contributed by atoms with E-state index in [0.29, 0.717) is 31.5 Å². The maximum absolute atomic E-state index is 12.5. The Kier molecular flexibility index (Phi) is 8.64. The molecule has 1 amide bonds. The Morgan fingerprint density at radius 1 is 1.22 bits per heavy atom. The average Bonchev–Trinajstić information content (AvgIpc) is 2.64. The molecule has 2 N–H and O–H groups in total. The predicted molar refractivity (Wildman–Crippen MR) is 95.5 cm³/mol. The minimum absolute atomic E-state index is 0. The highest BCUT2D eigenvalue weighted by Crippen LogP contribution is 2.30. The number of halogens is 4. The number of carbonyl (C=O) groups is 1. The molecule has 1 aromatic carbocycles. The quantitative estimate of drug-likeness (QED) is 0.720. The molecular formula is C17H24ClF3N2O4. The number of ether oxygens (including phenoxy) is 3. The van der Waals surface area contributed by atoms with Crippen molar-refractivity contribution in [1.82, 2.24) is 10.6 Å². The largest absolute Gasteiger partial charge is 0.493 e. The van der Waals surface area contributed by atoms with Gasteiger partial charge in [-0.15, -0.1) is 12.4 Å². The van der Waals surface area contributed by atoms with Gasteiger partial charge in [-0.3, -0.25) is 4.79 Å². The lowest BCUT2D eigenvalue weighted by atomic mass is 9.91. The van der Waals surface area contributed by atoms with Crippen molar-refractivity contribution in [3.05, 3.63) is 23.8 Å². The van der Waals surface area contributed by atoms with Gasteiger partial charge in [-0.05, 0) is 43.6 Å². The summed E-state index contributed by atoms with van der Waals surface area (Å²) in [5.41, 5.74) is -0.180. The fraction of sp³-hybridized carbons (Fsp3) is 0.588. The zero-order valence-corrected chi connectivity index (χ0v) is 16.0. The molecule has 6 nitrogen and oxygen atoms in total. The highest BCUT2D eigenvalue weighted by atomic mass is 35.5. The Morgan fingerprint density at radius 2 is 1.89 bits per heavy atom. The van der Waals surface area contributed by atoms with Gasteiger partial charge in [0, 0.05) is 13.7 Å². The van der Waals surface area contributed by atoms with Gasteiger partial charge in [-0.2, -0.15) is 13.2 Å². The van der Waals surface area contributed by atoms with Gasteiger partial charge in [0.1, 0.15) is 5.60 Å². The maximum atomic E-state index is 12.5. The van der Waals surface area contributed by atoms with Crippen molar-refractivity contribution in [2.45, 2.75) is 31.2 Å². The summed E-state index contributed by atoms with van der Waals surface area (Å²) in [5, 5.41) is 6.00. The smallest absolute Gasteiger partial charge is 0.422 e. The van der Waals surface area contributed by atoms with Crippen molar-refractivity contribution in [1.29, 1.82) is 0 Å².